The predicted molar refractivity (Wildman–Crippen MR) is 86.4 cm³/mol. The Bertz CT molecular complexity index is 679. The number of piperidine rings is 1. The molecule has 0 atom stereocenters. The number of nitrogens with two attached hydrogens (primary N) is 2. The minimum atomic E-state index is -1.02. The number of likely N-dealkylation sites (tertiary alicyclic amines) is 1. The van der Waals surface area contributed by atoms with Gasteiger partial charge in [0.15, 0.2) is 5.82 Å². The number of carbonyl (C=O) groups excluding carboxylic acids is 2. The van der Waals surface area contributed by atoms with Crippen molar-refractivity contribution in [1.29, 1.82) is 0 Å². The number of aromatic nitrogens is 2. The van der Waals surface area contributed by atoms with Crippen molar-refractivity contribution in [3.8, 4) is 0 Å². The van der Waals surface area contributed by atoms with Crippen LogP contribution in [-0.2, 0) is 15.2 Å². The van der Waals surface area contributed by atoms with E-state index in [9.17, 15) is 14.4 Å². The number of primary amides is 1. The van der Waals surface area contributed by atoms with Crippen LogP contribution in [0.4, 0.5) is 10.6 Å². The molecule has 1 aromatic rings. The molecule has 0 unspecified atom stereocenters. The Morgan fingerprint density at radius 3 is 2.44 bits per heavy atom. The summed E-state index contributed by atoms with van der Waals surface area (Å²) in [6, 6.07) is 0. The molecule has 0 saturated carbocycles. The number of rotatable bonds is 5. The fraction of sp³-hybridized carbons (Fsp3) is 0.571. The number of carbonyl (C=O) groups is 3. The van der Waals surface area contributed by atoms with Gasteiger partial charge in [0.05, 0.1) is 19.1 Å². The summed E-state index contributed by atoms with van der Waals surface area (Å²) in [4.78, 5) is 41.2. The van der Waals surface area contributed by atoms with E-state index in [0.29, 0.717) is 12.8 Å². The van der Waals surface area contributed by atoms with Crippen LogP contribution in [0.5, 0.6) is 0 Å². The van der Waals surface area contributed by atoms with Crippen molar-refractivity contribution in [2.75, 3.05) is 33.0 Å². The van der Waals surface area contributed by atoms with E-state index in [4.69, 9.17) is 21.4 Å². The largest absolute Gasteiger partial charge is 0.465 e. The van der Waals surface area contributed by atoms with E-state index >= 15 is 0 Å². The van der Waals surface area contributed by atoms with Gasteiger partial charge in [0.1, 0.15) is 5.56 Å². The van der Waals surface area contributed by atoms with Crippen LogP contribution in [0.15, 0.2) is 6.20 Å². The third kappa shape index (κ3) is 3.65. The van der Waals surface area contributed by atoms with Gasteiger partial charge in [0.2, 0.25) is 5.91 Å². The molecule has 1 aliphatic heterocycles. The van der Waals surface area contributed by atoms with Crippen LogP contribution in [0.1, 0.15) is 29.6 Å². The summed E-state index contributed by atoms with van der Waals surface area (Å²) in [5, 5.41) is 14.4. The molecule has 1 aliphatic rings. The van der Waals surface area contributed by atoms with Crippen molar-refractivity contribution in [2.24, 2.45) is 5.73 Å². The first-order valence-corrected chi connectivity index (χ1v) is 7.64. The number of hydrogen-bond donors (Lipinski definition) is 3. The summed E-state index contributed by atoms with van der Waals surface area (Å²) in [6.07, 6.45) is 1.08. The lowest BCUT2D eigenvalue weighted by Crippen LogP contribution is -2.50. The van der Waals surface area contributed by atoms with E-state index in [0.717, 1.165) is 5.06 Å². The van der Waals surface area contributed by atoms with Crippen molar-refractivity contribution in [3.63, 3.8) is 0 Å². The van der Waals surface area contributed by atoms with E-state index in [1.807, 2.05) is 0 Å². The Hall–Kier alpha value is -2.82. The number of hydroxylamine groups is 2. The highest BCUT2D eigenvalue weighted by Gasteiger charge is 2.41. The van der Waals surface area contributed by atoms with Crippen LogP contribution in [-0.4, -0.2) is 70.0 Å². The summed E-state index contributed by atoms with van der Waals surface area (Å²) >= 11 is 0. The lowest BCUT2D eigenvalue weighted by Gasteiger charge is -2.41. The number of anilines is 1. The molecule has 11 heteroatoms. The molecule has 1 aromatic heterocycles. The van der Waals surface area contributed by atoms with Crippen LogP contribution in [0.25, 0.3) is 0 Å². The van der Waals surface area contributed by atoms with Gasteiger partial charge in [-0.05, 0) is 12.8 Å². The summed E-state index contributed by atoms with van der Waals surface area (Å²) in [5.41, 5.74) is 10.3. The SMILES string of the molecule is CON(C)C(=O)CC1(n2cc(C(N)=O)c(N)n2)CCN(C(=O)O)CC1. The zero-order valence-electron chi connectivity index (χ0n) is 14.1. The van der Waals surface area contributed by atoms with Gasteiger partial charge in [-0.2, -0.15) is 5.10 Å². The number of carboxylic acid groups (broad SMARTS) is 1. The monoisotopic (exact) mass is 354 g/mol. The van der Waals surface area contributed by atoms with Crippen LogP contribution < -0.4 is 11.5 Å². The number of nitrogen functional groups attached to an aromatic ring is 1. The third-order valence-corrected chi connectivity index (χ3v) is 4.56. The van der Waals surface area contributed by atoms with E-state index in [2.05, 4.69) is 5.10 Å². The van der Waals surface area contributed by atoms with Gasteiger partial charge in [-0.3, -0.25) is 19.1 Å². The molecule has 0 radical (unpaired) electrons. The second-order valence-corrected chi connectivity index (χ2v) is 5.98. The fourth-order valence-corrected chi connectivity index (χ4v) is 2.92. The van der Waals surface area contributed by atoms with Crippen molar-refractivity contribution >= 4 is 23.7 Å². The standard InChI is InChI=1S/C14H22N6O5/c1-18(25-2)10(21)7-14(3-5-19(6-4-14)13(23)24)20-8-9(12(16)22)11(15)17-20/h8H,3-7H2,1-2H3,(H2,15,17)(H2,16,22)(H,23,24). The highest BCUT2D eigenvalue weighted by atomic mass is 16.7. The maximum atomic E-state index is 12.4. The molecule has 138 valence electrons. The molecule has 2 heterocycles. The first-order valence-electron chi connectivity index (χ1n) is 7.64. The zero-order valence-corrected chi connectivity index (χ0v) is 14.1. The van der Waals surface area contributed by atoms with E-state index < -0.39 is 17.5 Å². The van der Waals surface area contributed by atoms with Crippen molar-refractivity contribution in [1.82, 2.24) is 19.7 Å². The van der Waals surface area contributed by atoms with Gasteiger partial charge < -0.3 is 21.5 Å². The minimum Gasteiger partial charge on any atom is -0.465 e. The lowest BCUT2D eigenvalue weighted by atomic mass is 9.84. The number of hydrogen-bond acceptors (Lipinski definition) is 6. The summed E-state index contributed by atoms with van der Waals surface area (Å²) in [5.74, 6) is -1.05. The molecule has 0 aromatic carbocycles. The Balaban J connectivity index is 2.36. The molecule has 1 fully saturated rings. The average Bonchev–Trinajstić information content (AvgIpc) is 2.97. The molecular weight excluding hydrogens is 332 g/mol. The van der Waals surface area contributed by atoms with E-state index in [1.54, 1.807) is 0 Å². The zero-order chi connectivity index (χ0) is 18.8. The van der Waals surface area contributed by atoms with Gasteiger partial charge in [-0.15, -0.1) is 0 Å². The molecule has 1 saturated heterocycles. The van der Waals surface area contributed by atoms with Crippen LogP contribution in [0.2, 0.25) is 0 Å². The molecule has 3 amide bonds. The first-order chi connectivity index (χ1) is 11.7. The van der Waals surface area contributed by atoms with Gasteiger partial charge in [0.25, 0.3) is 5.91 Å². The maximum Gasteiger partial charge on any atom is 0.407 e. The second-order valence-electron chi connectivity index (χ2n) is 5.98. The molecule has 5 N–H and O–H groups in total. The van der Waals surface area contributed by atoms with E-state index in [-0.39, 0.29) is 36.8 Å². The molecule has 0 spiro atoms. The first kappa shape index (κ1) is 18.5. The Morgan fingerprint density at radius 1 is 1.40 bits per heavy atom. The Labute approximate surface area is 144 Å². The fourth-order valence-electron chi connectivity index (χ4n) is 2.92. The van der Waals surface area contributed by atoms with Gasteiger partial charge in [-0.25, -0.2) is 9.86 Å². The van der Waals surface area contributed by atoms with Crippen molar-refractivity contribution in [3.05, 3.63) is 11.8 Å². The normalized spacial score (nSPS) is 16.5. The highest BCUT2D eigenvalue weighted by Crippen LogP contribution is 2.35. The number of amides is 3. The highest BCUT2D eigenvalue weighted by molar-refractivity contribution is 5.96. The Kier molecular flexibility index (Phi) is 5.16. The van der Waals surface area contributed by atoms with Crippen LogP contribution in [0, 0.1) is 0 Å². The van der Waals surface area contributed by atoms with E-state index in [1.165, 1.54) is 29.9 Å². The van der Waals surface area contributed by atoms with Crippen LogP contribution >= 0.6 is 0 Å². The minimum absolute atomic E-state index is 0.0180. The lowest BCUT2D eigenvalue weighted by molar-refractivity contribution is -0.171. The summed E-state index contributed by atoms with van der Waals surface area (Å²) in [6.45, 7) is 0.454. The molecule has 25 heavy (non-hydrogen) atoms. The second kappa shape index (κ2) is 6.97. The van der Waals surface area contributed by atoms with Crippen LogP contribution in [0.3, 0.4) is 0 Å². The molecule has 2 rings (SSSR count). The molecule has 0 aliphatic carbocycles. The van der Waals surface area contributed by atoms with Gasteiger partial charge in [-0.1, -0.05) is 0 Å². The topological polar surface area (TPSA) is 157 Å². The van der Waals surface area contributed by atoms with Crippen molar-refractivity contribution < 1.29 is 24.3 Å². The molecule has 11 nitrogen and oxygen atoms in total. The summed E-state index contributed by atoms with van der Waals surface area (Å²) in [7, 11) is 2.85. The van der Waals surface area contributed by atoms with Crippen molar-refractivity contribution in [2.45, 2.75) is 24.8 Å². The average molecular weight is 354 g/mol. The summed E-state index contributed by atoms with van der Waals surface area (Å²) < 4.78 is 1.46. The van der Waals surface area contributed by atoms with Gasteiger partial charge >= 0.3 is 6.09 Å². The Morgan fingerprint density at radius 2 is 2.00 bits per heavy atom. The predicted octanol–water partition coefficient (Wildman–Crippen LogP) is -0.557. The quantitative estimate of drug-likeness (QED) is 0.598. The molecule has 0 bridgehead atoms. The third-order valence-electron chi connectivity index (χ3n) is 4.56. The van der Waals surface area contributed by atoms with Gasteiger partial charge in [0, 0.05) is 26.3 Å². The number of nitrogens with zero attached hydrogens (tertiary/aromatic N) is 4. The maximum absolute atomic E-state index is 12.4. The molecular formula is C14H22N6O5. The smallest absolute Gasteiger partial charge is 0.407 e.